The molecule has 5 nitrogen and oxygen atoms in total. The van der Waals surface area contributed by atoms with Gasteiger partial charge in [0.25, 0.3) is 0 Å². The van der Waals surface area contributed by atoms with E-state index in [2.05, 4.69) is 4.98 Å². The molecule has 2 heterocycles. The standard InChI is InChI=1S/C11H15N3O2/c12-8-3-2-6-14(7-8)10-9(11(15)16)4-1-5-13-10/h1,4-5,8H,2-3,6-7,12H2,(H,15,16)/t8-/m1/s1. The molecule has 2 rings (SSSR count). The predicted molar refractivity (Wildman–Crippen MR) is 60.6 cm³/mol. The zero-order valence-corrected chi connectivity index (χ0v) is 8.97. The van der Waals surface area contributed by atoms with Crippen LogP contribution in [0.15, 0.2) is 18.3 Å². The molecule has 0 aromatic carbocycles. The van der Waals surface area contributed by atoms with E-state index in [0.29, 0.717) is 12.4 Å². The molecule has 1 aliphatic heterocycles. The van der Waals surface area contributed by atoms with E-state index in [1.165, 1.54) is 0 Å². The summed E-state index contributed by atoms with van der Waals surface area (Å²) in [5.41, 5.74) is 6.12. The van der Waals surface area contributed by atoms with Crippen molar-refractivity contribution in [3.8, 4) is 0 Å². The number of piperidine rings is 1. The molecular formula is C11H15N3O2. The first kappa shape index (κ1) is 10.9. The van der Waals surface area contributed by atoms with Gasteiger partial charge in [0.05, 0.1) is 0 Å². The van der Waals surface area contributed by atoms with Crippen molar-refractivity contribution in [1.82, 2.24) is 4.98 Å². The fourth-order valence-electron chi connectivity index (χ4n) is 2.02. The highest BCUT2D eigenvalue weighted by atomic mass is 16.4. The van der Waals surface area contributed by atoms with Gasteiger partial charge in [-0.2, -0.15) is 0 Å². The Balaban J connectivity index is 2.28. The lowest BCUT2D eigenvalue weighted by Crippen LogP contribution is -2.43. The second kappa shape index (κ2) is 4.49. The molecule has 1 aromatic heterocycles. The number of carboxylic acids is 1. The molecule has 1 atom stereocenters. The van der Waals surface area contributed by atoms with Crippen molar-refractivity contribution in [2.24, 2.45) is 5.73 Å². The number of hydrogen-bond acceptors (Lipinski definition) is 4. The summed E-state index contributed by atoms with van der Waals surface area (Å²) in [7, 11) is 0. The monoisotopic (exact) mass is 221 g/mol. The number of carboxylic acid groups (broad SMARTS) is 1. The normalized spacial score (nSPS) is 20.8. The Morgan fingerprint density at radius 2 is 2.44 bits per heavy atom. The van der Waals surface area contributed by atoms with Gasteiger partial charge in [0, 0.05) is 25.3 Å². The zero-order chi connectivity index (χ0) is 11.5. The van der Waals surface area contributed by atoms with Crippen molar-refractivity contribution in [1.29, 1.82) is 0 Å². The fourth-order valence-corrected chi connectivity index (χ4v) is 2.02. The minimum atomic E-state index is -0.942. The molecule has 0 saturated carbocycles. The largest absolute Gasteiger partial charge is 0.478 e. The Kier molecular flexibility index (Phi) is 3.05. The SMILES string of the molecule is N[C@@H]1CCCN(c2ncccc2C(=O)O)C1. The predicted octanol–water partition coefficient (Wildman–Crippen LogP) is 0.707. The highest BCUT2D eigenvalue weighted by Gasteiger charge is 2.22. The van der Waals surface area contributed by atoms with Crippen molar-refractivity contribution in [3.63, 3.8) is 0 Å². The Labute approximate surface area is 93.9 Å². The molecule has 1 fully saturated rings. The highest BCUT2D eigenvalue weighted by molar-refractivity contribution is 5.93. The van der Waals surface area contributed by atoms with Crippen LogP contribution in [-0.4, -0.2) is 35.2 Å². The summed E-state index contributed by atoms with van der Waals surface area (Å²) in [5, 5.41) is 9.06. The van der Waals surface area contributed by atoms with E-state index in [1.54, 1.807) is 18.3 Å². The second-order valence-corrected chi connectivity index (χ2v) is 4.03. The van der Waals surface area contributed by atoms with Gasteiger partial charge in [0.2, 0.25) is 0 Å². The third-order valence-corrected chi connectivity index (χ3v) is 2.77. The van der Waals surface area contributed by atoms with Crippen LogP contribution in [-0.2, 0) is 0 Å². The minimum Gasteiger partial charge on any atom is -0.478 e. The summed E-state index contributed by atoms with van der Waals surface area (Å²) in [6, 6.07) is 3.32. The maximum absolute atomic E-state index is 11.0. The van der Waals surface area contributed by atoms with Crippen molar-refractivity contribution < 1.29 is 9.90 Å². The summed E-state index contributed by atoms with van der Waals surface area (Å²) in [6.07, 6.45) is 3.59. The van der Waals surface area contributed by atoms with Gasteiger partial charge in [-0.25, -0.2) is 9.78 Å². The zero-order valence-electron chi connectivity index (χ0n) is 8.97. The number of carbonyl (C=O) groups is 1. The van der Waals surface area contributed by atoms with Gasteiger partial charge in [-0.05, 0) is 25.0 Å². The van der Waals surface area contributed by atoms with Crippen molar-refractivity contribution in [2.75, 3.05) is 18.0 Å². The van der Waals surface area contributed by atoms with Crippen molar-refractivity contribution in [3.05, 3.63) is 23.9 Å². The quantitative estimate of drug-likeness (QED) is 0.768. The molecule has 1 saturated heterocycles. The van der Waals surface area contributed by atoms with E-state index in [-0.39, 0.29) is 11.6 Å². The third-order valence-electron chi connectivity index (χ3n) is 2.77. The summed E-state index contributed by atoms with van der Waals surface area (Å²) < 4.78 is 0. The number of hydrogen-bond donors (Lipinski definition) is 2. The van der Waals surface area contributed by atoms with Crippen LogP contribution in [0.2, 0.25) is 0 Å². The topological polar surface area (TPSA) is 79.5 Å². The number of aromatic carboxylic acids is 1. The van der Waals surface area contributed by atoms with Gasteiger partial charge in [-0.15, -0.1) is 0 Å². The maximum atomic E-state index is 11.0. The number of aromatic nitrogens is 1. The van der Waals surface area contributed by atoms with E-state index in [1.807, 2.05) is 4.90 Å². The van der Waals surface area contributed by atoms with Gasteiger partial charge >= 0.3 is 5.97 Å². The van der Waals surface area contributed by atoms with Crippen LogP contribution in [0.3, 0.4) is 0 Å². The summed E-state index contributed by atoms with van der Waals surface area (Å²) in [4.78, 5) is 17.2. The van der Waals surface area contributed by atoms with Gasteiger partial charge in [-0.1, -0.05) is 0 Å². The van der Waals surface area contributed by atoms with E-state index >= 15 is 0 Å². The third kappa shape index (κ3) is 2.14. The van der Waals surface area contributed by atoms with Crippen LogP contribution >= 0.6 is 0 Å². The molecule has 3 N–H and O–H groups in total. The smallest absolute Gasteiger partial charge is 0.339 e. The maximum Gasteiger partial charge on any atom is 0.339 e. The molecule has 0 bridgehead atoms. The van der Waals surface area contributed by atoms with Crippen molar-refractivity contribution >= 4 is 11.8 Å². The molecule has 5 heteroatoms. The number of nitrogens with two attached hydrogens (primary N) is 1. The van der Waals surface area contributed by atoms with Crippen LogP contribution in [0.1, 0.15) is 23.2 Å². The Bertz CT molecular complexity index is 395. The Morgan fingerprint density at radius 1 is 1.62 bits per heavy atom. The number of pyridine rings is 1. The van der Waals surface area contributed by atoms with Gasteiger partial charge in [0.1, 0.15) is 11.4 Å². The van der Waals surface area contributed by atoms with E-state index < -0.39 is 5.97 Å². The number of anilines is 1. The first-order valence-electron chi connectivity index (χ1n) is 5.37. The van der Waals surface area contributed by atoms with E-state index in [0.717, 1.165) is 19.4 Å². The highest BCUT2D eigenvalue weighted by Crippen LogP contribution is 2.21. The van der Waals surface area contributed by atoms with Gasteiger partial charge < -0.3 is 15.7 Å². The first-order chi connectivity index (χ1) is 7.68. The molecule has 0 unspecified atom stereocenters. The molecule has 1 aliphatic rings. The minimum absolute atomic E-state index is 0.109. The van der Waals surface area contributed by atoms with Crippen LogP contribution < -0.4 is 10.6 Å². The number of nitrogens with zero attached hydrogens (tertiary/aromatic N) is 2. The summed E-state index contributed by atoms with van der Waals surface area (Å²) >= 11 is 0. The molecule has 0 amide bonds. The Morgan fingerprint density at radius 3 is 3.12 bits per heavy atom. The van der Waals surface area contributed by atoms with Crippen molar-refractivity contribution in [2.45, 2.75) is 18.9 Å². The molecular weight excluding hydrogens is 206 g/mol. The van der Waals surface area contributed by atoms with Crippen LogP contribution in [0.5, 0.6) is 0 Å². The molecule has 0 aliphatic carbocycles. The number of rotatable bonds is 2. The summed E-state index contributed by atoms with van der Waals surface area (Å²) in [6.45, 7) is 1.50. The first-order valence-corrected chi connectivity index (χ1v) is 5.37. The lowest BCUT2D eigenvalue weighted by Gasteiger charge is -2.32. The van der Waals surface area contributed by atoms with E-state index in [9.17, 15) is 4.79 Å². The van der Waals surface area contributed by atoms with Gasteiger partial charge in [-0.3, -0.25) is 0 Å². The fraction of sp³-hybridized carbons (Fsp3) is 0.455. The Hall–Kier alpha value is -1.62. The van der Waals surface area contributed by atoms with E-state index in [4.69, 9.17) is 10.8 Å². The summed E-state index contributed by atoms with van der Waals surface area (Å²) in [5.74, 6) is -0.410. The molecule has 1 aromatic rings. The average molecular weight is 221 g/mol. The second-order valence-electron chi connectivity index (χ2n) is 4.03. The van der Waals surface area contributed by atoms with Crippen LogP contribution in [0, 0.1) is 0 Å². The molecule has 0 spiro atoms. The van der Waals surface area contributed by atoms with Gasteiger partial charge in [0.15, 0.2) is 0 Å². The lowest BCUT2D eigenvalue weighted by atomic mass is 10.1. The van der Waals surface area contributed by atoms with Crippen LogP contribution in [0.4, 0.5) is 5.82 Å². The lowest BCUT2D eigenvalue weighted by molar-refractivity contribution is 0.0697. The molecule has 86 valence electrons. The molecule has 0 radical (unpaired) electrons. The average Bonchev–Trinajstić information content (AvgIpc) is 2.29. The molecule has 16 heavy (non-hydrogen) atoms. The van der Waals surface area contributed by atoms with Crippen LogP contribution in [0.25, 0.3) is 0 Å².